The van der Waals surface area contributed by atoms with Gasteiger partial charge < -0.3 is 29.1 Å². The summed E-state index contributed by atoms with van der Waals surface area (Å²) in [6.45, 7) is 10.3. The highest BCUT2D eigenvalue weighted by Gasteiger charge is 2.76. The highest BCUT2D eigenvalue weighted by atomic mass is 16.6. The Labute approximate surface area is 224 Å². The van der Waals surface area contributed by atoms with Gasteiger partial charge in [0.1, 0.15) is 23.2 Å². The maximum atomic E-state index is 14.4. The number of cyclic esters (lactones) is 1. The average molecular weight is 532 g/mol. The van der Waals surface area contributed by atoms with E-state index in [-0.39, 0.29) is 30.9 Å². The number of carbonyl (C=O) groups excluding carboxylic acids is 3. The zero-order valence-corrected chi connectivity index (χ0v) is 22.7. The van der Waals surface area contributed by atoms with Gasteiger partial charge in [-0.1, -0.05) is 45.1 Å². The molecule has 210 valence electrons. The number of amides is 2. The van der Waals surface area contributed by atoms with E-state index in [2.05, 4.69) is 4.90 Å². The van der Waals surface area contributed by atoms with E-state index in [0.717, 1.165) is 13.1 Å². The summed E-state index contributed by atoms with van der Waals surface area (Å²) in [6, 6.07) is -1.58. The summed E-state index contributed by atoms with van der Waals surface area (Å²) in [5.74, 6) is -2.92. The van der Waals surface area contributed by atoms with Crippen LogP contribution in [-0.2, 0) is 28.6 Å². The number of morpholine rings is 1. The molecular weight excluding hydrogens is 490 g/mol. The lowest BCUT2D eigenvalue weighted by molar-refractivity contribution is -0.164. The molecule has 3 saturated heterocycles. The molecule has 0 aromatic carbocycles. The highest BCUT2D eigenvalue weighted by Crippen LogP contribution is 2.58. The van der Waals surface area contributed by atoms with Crippen molar-refractivity contribution in [1.82, 2.24) is 14.7 Å². The number of aliphatic hydroxyl groups excluding tert-OH is 1. The number of rotatable bonds is 7. The van der Waals surface area contributed by atoms with Gasteiger partial charge in [0.2, 0.25) is 11.8 Å². The highest BCUT2D eigenvalue weighted by molar-refractivity contribution is 5.99. The Balaban J connectivity index is 1.57. The number of hydrogen-bond acceptors (Lipinski definition) is 8. The molecule has 5 aliphatic rings. The Bertz CT molecular complexity index is 993. The van der Waals surface area contributed by atoms with E-state index in [0.29, 0.717) is 45.7 Å². The van der Waals surface area contributed by atoms with Gasteiger partial charge in [0.25, 0.3) is 0 Å². The molecule has 3 fully saturated rings. The Morgan fingerprint density at radius 1 is 1.03 bits per heavy atom. The van der Waals surface area contributed by atoms with Crippen LogP contribution < -0.4 is 0 Å². The average Bonchev–Trinajstić information content (AvgIpc) is 3.25. The summed E-state index contributed by atoms with van der Waals surface area (Å²) in [5.41, 5.74) is -2.39. The molecule has 0 bridgehead atoms. The number of nitrogens with zero attached hydrogens (tertiary/aromatic N) is 3. The molecular formula is C28H41N3O7. The molecule has 5 rings (SSSR count). The Kier molecular flexibility index (Phi) is 7.70. The van der Waals surface area contributed by atoms with Crippen LogP contribution in [0.25, 0.3) is 0 Å². The Morgan fingerprint density at radius 3 is 2.47 bits per heavy atom. The number of aliphatic hydroxyl groups is 1. The normalized spacial score (nSPS) is 36.4. The monoisotopic (exact) mass is 531 g/mol. The second kappa shape index (κ2) is 10.7. The molecule has 10 heteroatoms. The van der Waals surface area contributed by atoms with Crippen LogP contribution in [0.15, 0.2) is 24.3 Å². The molecule has 0 aromatic rings. The third kappa shape index (κ3) is 4.29. The van der Waals surface area contributed by atoms with E-state index >= 15 is 0 Å². The van der Waals surface area contributed by atoms with Crippen molar-refractivity contribution in [2.24, 2.45) is 17.8 Å². The predicted molar refractivity (Wildman–Crippen MR) is 138 cm³/mol. The van der Waals surface area contributed by atoms with Gasteiger partial charge >= 0.3 is 5.97 Å². The van der Waals surface area contributed by atoms with Crippen molar-refractivity contribution in [1.29, 1.82) is 0 Å². The number of fused-ring (bicyclic) bond motifs is 2. The smallest absolute Gasteiger partial charge is 0.313 e. The van der Waals surface area contributed by atoms with Crippen LogP contribution in [0.2, 0.25) is 0 Å². The van der Waals surface area contributed by atoms with Gasteiger partial charge in [-0.25, -0.2) is 0 Å². The molecule has 0 aliphatic carbocycles. The van der Waals surface area contributed by atoms with E-state index in [1.807, 2.05) is 45.1 Å². The topological polar surface area (TPSA) is 109 Å². The first-order valence-electron chi connectivity index (χ1n) is 14.0. The molecule has 38 heavy (non-hydrogen) atoms. The Hall–Kier alpha value is -2.27. The zero-order valence-electron chi connectivity index (χ0n) is 22.7. The number of esters is 1. The van der Waals surface area contributed by atoms with E-state index in [9.17, 15) is 19.5 Å². The van der Waals surface area contributed by atoms with Crippen molar-refractivity contribution in [3.8, 4) is 0 Å². The van der Waals surface area contributed by atoms with Gasteiger partial charge in [-0.15, -0.1) is 0 Å². The summed E-state index contributed by atoms with van der Waals surface area (Å²) in [6.07, 6.45) is 8.63. The fourth-order valence-corrected chi connectivity index (χ4v) is 6.98. The van der Waals surface area contributed by atoms with Gasteiger partial charge in [0, 0.05) is 32.7 Å². The maximum Gasteiger partial charge on any atom is 0.313 e. The molecule has 5 aliphatic heterocycles. The second-order valence-corrected chi connectivity index (χ2v) is 11.4. The fourth-order valence-electron chi connectivity index (χ4n) is 6.98. The lowest BCUT2D eigenvalue weighted by Gasteiger charge is -2.42. The number of hydrogen-bond donors (Lipinski definition) is 1. The number of likely N-dealkylation sites (tertiary alicyclic amines) is 1. The van der Waals surface area contributed by atoms with Crippen molar-refractivity contribution < 1.29 is 33.7 Å². The third-order valence-corrected chi connectivity index (χ3v) is 9.03. The molecule has 1 N–H and O–H groups in total. The van der Waals surface area contributed by atoms with Crippen LogP contribution in [-0.4, -0.2) is 120 Å². The van der Waals surface area contributed by atoms with Crippen LogP contribution in [0.4, 0.5) is 0 Å². The second-order valence-electron chi connectivity index (χ2n) is 11.4. The van der Waals surface area contributed by atoms with Crippen molar-refractivity contribution >= 4 is 17.8 Å². The molecule has 1 unspecified atom stereocenters. The predicted octanol–water partition coefficient (Wildman–Crippen LogP) is 0.598. The molecule has 0 aromatic heterocycles. The SMILES string of the molecule is CC[C@]12C=CCCOC(=O)[C@H]1[C@H]1C(=O)N([C@@H](CO)C(C)C)C3C(=O)N(CCN4CCOCC4)CC=C[C@@]31O2. The van der Waals surface area contributed by atoms with Gasteiger partial charge in [-0.3, -0.25) is 19.3 Å². The lowest BCUT2D eigenvalue weighted by Crippen LogP contribution is -2.60. The summed E-state index contributed by atoms with van der Waals surface area (Å²) in [5, 5.41) is 10.4. The van der Waals surface area contributed by atoms with Crippen molar-refractivity contribution in [2.75, 3.05) is 59.2 Å². The number of ether oxygens (including phenoxy) is 3. The maximum absolute atomic E-state index is 14.4. The van der Waals surface area contributed by atoms with Crippen LogP contribution in [0.1, 0.15) is 33.6 Å². The van der Waals surface area contributed by atoms with Crippen molar-refractivity contribution in [3.63, 3.8) is 0 Å². The standard InChI is InChI=1S/C28H41N3O7/c1-4-27-8-5-6-15-37-26(35)22(27)21-24(33)31(20(18-32)19(2)3)23-25(34)30(10-7-9-28(21,23)38-27)12-11-29-13-16-36-17-14-29/h5,7-9,19-23,32H,4,6,10-18H2,1-3H3/t20-,21-,22+,23?,27-,28-/m0/s1. The molecule has 2 amide bonds. The van der Waals surface area contributed by atoms with Crippen LogP contribution >= 0.6 is 0 Å². The molecule has 5 heterocycles. The van der Waals surface area contributed by atoms with E-state index in [1.54, 1.807) is 4.90 Å². The minimum Gasteiger partial charge on any atom is -0.465 e. The van der Waals surface area contributed by atoms with Gasteiger partial charge in [0.15, 0.2) is 0 Å². The summed E-state index contributed by atoms with van der Waals surface area (Å²) in [4.78, 5) is 47.8. The zero-order chi connectivity index (χ0) is 27.1. The van der Waals surface area contributed by atoms with E-state index < -0.39 is 41.1 Å². The van der Waals surface area contributed by atoms with E-state index in [4.69, 9.17) is 14.2 Å². The molecule has 1 spiro atoms. The van der Waals surface area contributed by atoms with Crippen molar-refractivity contribution in [2.45, 2.75) is 56.9 Å². The van der Waals surface area contributed by atoms with Crippen LogP contribution in [0, 0.1) is 17.8 Å². The van der Waals surface area contributed by atoms with Crippen LogP contribution in [0.3, 0.4) is 0 Å². The largest absolute Gasteiger partial charge is 0.465 e. The molecule has 0 radical (unpaired) electrons. The number of carbonyl (C=O) groups is 3. The van der Waals surface area contributed by atoms with Gasteiger partial charge in [-0.05, 0) is 18.8 Å². The Morgan fingerprint density at radius 2 is 1.79 bits per heavy atom. The van der Waals surface area contributed by atoms with Gasteiger partial charge in [0.05, 0.1) is 38.4 Å². The fraction of sp³-hybridized carbons (Fsp3) is 0.750. The first-order valence-corrected chi connectivity index (χ1v) is 14.0. The van der Waals surface area contributed by atoms with E-state index in [1.165, 1.54) is 4.90 Å². The summed E-state index contributed by atoms with van der Waals surface area (Å²) in [7, 11) is 0. The lowest BCUT2D eigenvalue weighted by atomic mass is 9.73. The minimum absolute atomic E-state index is 0.109. The third-order valence-electron chi connectivity index (χ3n) is 9.03. The first-order chi connectivity index (χ1) is 18.3. The molecule has 0 saturated carbocycles. The van der Waals surface area contributed by atoms with Crippen molar-refractivity contribution in [3.05, 3.63) is 24.3 Å². The quantitative estimate of drug-likeness (QED) is 0.376. The molecule has 6 atom stereocenters. The summed E-state index contributed by atoms with van der Waals surface area (Å²) >= 11 is 0. The van der Waals surface area contributed by atoms with Gasteiger partial charge in [-0.2, -0.15) is 0 Å². The first kappa shape index (κ1) is 27.3. The van der Waals surface area contributed by atoms with Crippen LogP contribution in [0.5, 0.6) is 0 Å². The summed E-state index contributed by atoms with van der Waals surface area (Å²) < 4.78 is 17.9. The molecule has 10 nitrogen and oxygen atoms in total. The minimum atomic E-state index is -1.33.